The van der Waals surface area contributed by atoms with E-state index < -0.39 is 5.97 Å². The molecule has 5 nitrogen and oxygen atoms in total. The molecule has 2 N–H and O–H groups in total. The summed E-state index contributed by atoms with van der Waals surface area (Å²) >= 11 is 5.77. The van der Waals surface area contributed by atoms with Crippen LogP contribution in [-0.2, 0) is 0 Å². The zero-order chi connectivity index (χ0) is 13.7. The lowest BCUT2D eigenvalue weighted by molar-refractivity contribution is 0.0698. The minimum Gasteiger partial charge on any atom is -0.478 e. The minimum atomic E-state index is -1.15. The highest BCUT2D eigenvalue weighted by Crippen LogP contribution is 2.25. The Morgan fingerprint density at radius 2 is 2.06 bits per heavy atom. The van der Waals surface area contributed by atoms with Gasteiger partial charge in [-0.3, -0.25) is 0 Å². The second-order valence-corrected chi connectivity index (χ2v) is 3.81. The van der Waals surface area contributed by atoms with E-state index in [2.05, 4.69) is 5.32 Å². The number of anilines is 1. The monoisotopic (exact) mass is 261 g/mol. The predicted molar refractivity (Wildman–Crippen MR) is 66.1 cm³/mol. The van der Waals surface area contributed by atoms with Crippen LogP contribution in [0.2, 0.25) is 5.02 Å². The molecular weight excluding hydrogens is 254 g/mol. The number of nitrogens with zero attached hydrogens (tertiary/aromatic N) is 2. The van der Waals surface area contributed by atoms with Crippen molar-refractivity contribution in [3.05, 3.63) is 40.1 Å². The molecule has 0 radical (unpaired) electrons. The molecule has 0 fully saturated rings. The maximum Gasteiger partial charge on any atom is 0.337 e. The van der Waals surface area contributed by atoms with Crippen LogP contribution in [0.1, 0.15) is 15.9 Å². The molecule has 1 rings (SSSR count). The SMILES string of the molecule is Cc1cc(Cl)cc(C(=O)O)c1NC=C(C#N)C#N. The Balaban J connectivity index is 3.26. The van der Waals surface area contributed by atoms with Crippen LogP contribution in [0.3, 0.4) is 0 Å². The van der Waals surface area contributed by atoms with Gasteiger partial charge in [0.15, 0.2) is 0 Å². The summed E-state index contributed by atoms with van der Waals surface area (Å²) in [6, 6.07) is 6.21. The molecule has 0 aliphatic rings. The standard InChI is InChI=1S/C12H8ClN3O2/c1-7-2-9(13)3-10(12(17)18)11(7)16-6-8(4-14)5-15/h2-3,6,16H,1H3,(H,17,18). The Morgan fingerprint density at radius 1 is 1.44 bits per heavy atom. The fraction of sp³-hybridized carbons (Fsp3) is 0.0833. The molecule has 90 valence electrons. The molecule has 0 saturated heterocycles. The van der Waals surface area contributed by atoms with Crippen LogP contribution in [0.4, 0.5) is 5.69 Å². The third-order valence-corrected chi connectivity index (χ3v) is 2.35. The van der Waals surface area contributed by atoms with Crippen molar-refractivity contribution >= 4 is 23.3 Å². The van der Waals surface area contributed by atoms with Crippen LogP contribution in [0.5, 0.6) is 0 Å². The summed E-state index contributed by atoms with van der Waals surface area (Å²) in [5, 5.41) is 29.2. The van der Waals surface area contributed by atoms with E-state index in [1.807, 2.05) is 0 Å². The van der Waals surface area contributed by atoms with Gasteiger partial charge >= 0.3 is 5.97 Å². The Labute approximate surface area is 109 Å². The molecule has 0 atom stereocenters. The Hall–Kier alpha value is -2.50. The molecule has 0 spiro atoms. The fourth-order valence-corrected chi connectivity index (χ4v) is 1.61. The third-order valence-electron chi connectivity index (χ3n) is 2.13. The lowest BCUT2D eigenvalue weighted by Gasteiger charge is -2.10. The molecule has 0 bridgehead atoms. The number of hydrogen-bond acceptors (Lipinski definition) is 4. The van der Waals surface area contributed by atoms with Gasteiger partial charge in [0.1, 0.15) is 17.7 Å². The van der Waals surface area contributed by atoms with Crippen LogP contribution in [0, 0.1) is 29.6 Å². The number of rotatable bonds is 3. The van der Waals surface area contributed by atoms with E-state index >= 15 is 0 Å². The summed E-state index contributed by atoms with van der Waals surface area (Å²) in [7, 11) is 0. The van der Waals surface area contributed by atoms with Gasteiger partial charge in [0.2, 0.25) is 0 Å². The van der Waals surface area contributed by atoms with E-state index in [0.29, 0.717) is 16.3 Å². The third kappa shape index (κ3) is 3.00. The average molecular weight is 262 g/mol. The first-order valence-electron chi connectivity index (χ1n) is 4.80. The highest BCUT2D eigenvalue weighted by molar-refractivity contribution is 6.31. The molecule has 6 heteroatoms. The van der Waals surface area contributed by atoms with Gasteiger partial charge in [0.05, 0.1) is 11.3 Å². The van der Waals surface area contributed by atoms with Gasteiger partial charge in [-0.2, -0.15) is 10.5 Å². The van der Waals surface area contributed by atoms with Crippen molar-refractivity contribution in [2.75, 3.05) is 5.32 Å². The molecule has 0 aromatic heterocycles. The smallest absolute Gasteiger partial charge is 0.337 e. The molecule has 18 heavy (non-hydrogen) atoms. The maximum absolute atomic E-state index is 11.1. The second kappa shape index (κ2) is 5.72. The quantitative estimate of drug-likeness (QED) is 0.815. The van der Waals surface area contributed by atoms with Crippen molar-refractivity contribution in [2.45, 2.75) is 6.92 Å². The molecule has 0 aliphatic carbocycles. The van der Waals surface area contributed by atoms with Crippen molar-refractivity contribution in [2.24, 2.45) is 0 Å². The predicted octanol–water partition coefficient (Wildman–Crippen LogP) is 2.69. The lowest BCUT2D eigenvalue weighted by atomic mass is 10.1. The van der Waals surface area contributed by atoms with E-state index in [1.165, 1.54) is 6.07 Å². The fourth-order valence-electron chi connectivity index (χ4n) is 1.34. The summed E-state index contributed by atoms with van der Waals surface area (Å²) in [6.45, 7) is 1.67. The maximum atomic E-state index is 11.1. The second-order valence-electron chi connectivity index (χ2n) is 3.38. The summed E-state index contributed by atoms with van der Waals surface area (Å²) in [5.41, 5.74) is 0.730. The lowest BCUT2D eigenvalue weighted by Crippen LogP contribution is -2.04. The first-order chi connectivity index (χ1) is 8.49. The molecular formula is C12H8ClN3O2. The number of aromatic carboxylic acids is 1. The topological polar surface area (TPSA) is 96.9 Å². The molecule has 1 aromatic carbocycles. The van der Waals surface area contributed by atoms with Gasteiger partial charge in [-0.15, -0.1) is 0 Å². The molecule has 0 heterocycles. The highest BCUT2D eigenvalue weighted by Gasteiger charge is 2.13. The Morgan fingerprint density at radius 3 is 2.56 bits per heavy atom. The number of hydrogen-bond donors (Lipinski definition) is 2. The van der Waals surface area contributed by atoms with Gasteiger partial charge in [-0.1, -0.05) is 11.6 Å². The van der Waals surface area contributed by atoms with Crippen LogP contribution in [0.25, 0.3) is 0 Å². The summed E-state index contributed by atoms with van der Waals surface area (Å²) in [6.07, 6.45) is 1.16. The normalized spacial score (nSPS) is 8.89. The summed E-state index contributed by atoms with van der Waals surface area (Å²) in [4.78, 5) is 11.1. The summed E-state index contributed by atoms with van der Waals surface area (Å²) in [5.74, 6) is -1.15. The number of halogens is 1. The first-order valence-corrected chi connectivity index (χ1v) is 5.17. The largest absolute Gasteiger partial charge is 0.478 e. The molecule has 0 amide bonds. The van der Waals surface area contributed by atoms with Crippen molar-refractivity contribution < 1.29 is 9.90 Å². The highest BCUT2D eigenvalue weighted by atomic mass is 35.5. The number of carboxylic acids is 1. The number of allylic oxidation sites excluding steroid dienone is 1. The van der Waals surface area contributed by atoms with E-state index in [-0.39, 0.29) is 11.1 Å². The van der Waals surface area contributed by atoms with Gasteiger partial charge in [-0.05, 0) is 24.6 Å². The van der Waals surface area contributed by atoms with Crippen molar-refractivity contribution in [3.63, 3.8) is 0 Å². The van der Waals surface area contributed by atoms with Crippen molar-refractivity contribution in [1.29, 1.82) is 10.5 Å². The zero-order valence-electron chi connectivity index (χ0n) is 9.36. The molecule has 0 saturated carbocycles. The van der Waals surface area contributed by atoms with E-state index in [9.17, 15) is 4.79 Å². The molecule has 0 unspecified atom stereocenters. The van der Waals surface area contributed by atoms with Gasteiger partial charge < -0.3 is 10.4 Å². The van der Waals surface area contributed by atoms with Gasteiger partial charge in [-0.25, -0.2) is 4.79 Å². The minimum absolute atomic E-state index is 0.0218. The van der Waals surface area contributed by atoms with Crippen LogP contribution in [-0.4, -0.2) is 11.1 Å². The summed E-state index contributed by atoms with van der Waals surface area (Å²) < 4.78 is 0. The van der Waals surface area contributed by atoms with Crippen LogP contribution >= 0.6 is 11.6 Å². The van der Waals surface area contributed by atoms with Crippen molar-refractivity contribution in [1.82, 2.24) is 0 Å². The molecule has 1 aromatic rings. The van der Waals surface area contributed by atoms with Crippen LogP contribution in [0.15, 0.2) is 23.9 Å². The first kappa shape index (κ1) is 13.6. The number of nitriles is 2. The van der Waals surface area contributed by atoms with Crippen molar-refractivity contribution in [3.8, 4) is 12.1 Å². The van der Waals surface area contributed by atoms with E-state index in [1.54, 1.807) is 25.1 Å². The molecule has 0 aliphatic heterocycles. The average Bonchev–Trinajstić information content (AvgIpc) is 2.31. The number of nitrogens with one attached hydrogen (secondary N) is 1. The number of aryl methyl sites for hydroxylation is 1. The van der Waals surface area contributed by atoms with Crippen LogP contribution < -0.4 is 5.32 Å². The van der Waals surface area contributed by atoms with E-state index in [0.717, 1.165) is 6.20 Å². The van der Waals surface area contributed by atoms with E-state index in [4.69, 9.17) is 27.2 Å². The Kier molecular flexibility index (Phi) is 4.31. The number of carboxylic acid groups (broad SMARTS) is 1. The number of carbonyl (C=O) groups is 1. The van der Waals surface area contributed by atoms with Gasteiger partial charge in [0, 0.05) is 11.2 Å². The number of benzene rings is 1. The van der Waals surface area contributed by atoms with Gasteiger partial charge in [0.25, 0.3) is 0 Å². The zero-order valence-corrected chi connectivity index (χ0v) is 10.1. The Bertz CT molecular complexity index is 593.